The third kappa shape index (κ3) is 1.00. The van der Waals surface area contributed by atoms with Gasteiger partial charge in [0.2, 0.25) is 0 Å². The van der Waals surface area contributed by atoms with E-state index in [1.807, 2.05) is 0 Å². The van der Waals surface area contributed by atoms with Gasteiger partial charge < -0.3 is 10.8 Å². The molecule has 1 aromatic heterocycles. The van der Waals surface area contributed by atoms with Crippen LogP contribution in [0.15, 0.2) is 12.1 Å². The number of carboxylic acids is 1. The van der Waals surface area contributed by atoms with Gasteiger partial charge in [-0.1, -0.05) is 5.21 Å². The Kier molecular flexibility index (Phi) is 1.63. The highest BCUT2D eigenvalue weighted by atomic mass is 16.4. The molecule has 0 aliphatic carbocycles. The van der Waals surface area contributed by atoms with Crippen LogP contribution >= 0.6 is 0 Å². The molecule has 0 aliphatic rings. The molecule has 0 aliphatic heterocycles. The molecular formula is C8H8N4O2. The summed E-state index contributed by atoms with van der Waals surface area (Å²) in [5, 5.41) is 16.4. The number of hydrogen-bond acceptors (Lipinski definition) is 4. The largest absolute Gasteiger partial charge is 0.478 e. The van der Waals surface area contributed by atoms with Gasteiger partial charge in [-0.25, -0.2) is 9.48 Å². The Morgan fingerprint density at radius 3 is 2.93 bits per heavy atom. The number of fused-ring (bicyclic) bond motifs is 1. The molecule has 6 nitrogen and oxygen atoms in total. The van der Waals surface area contributed by atoms with E-state index in [0.717, 1.165) is 0 Å². The van der Waals surface area contributed by atoms with Gasteiger partial charge >= 0.3 is 5.97 Å². The fourth-order valence-corrected chi connectivity index (χ4v) is 1.36. The smallest absolute Gasteiger partial charge is 0.337 e. The van der Waals surface area contributed by atoms with Gasteiger partial charge in [-0.05, 0) is 12.1 Å². The predicted molar refractivity (Wildman–Crippen MR) is 49.9 cm³/mol. The third-order valence-corrected chi connectivity index (χ3v) is 2.04. The summed E-state index contributed by atoms with van der Waals surface area (Å²) in [5.74, 6) is -1.05. The minimum Gasteiger partial charge on any atom is -0.478 e. The topological polar surface area (TPSA) is 94.0 Å². The van der Waals surface area contributed by atoms with Crippen LogP contribution in [-0.4, -0.2) is 26.1 Å². The molecule has 0 atom stereocenters. The highest BCUT2D eigenvalue weighted by molar-refractivity contribution is 6.02. The average molecular weight is 192 g/mol. The van der Waals surface area contributed by atoms with Crippen molar-refractivity contribution in [2.75, 3.05) is 5.73 Å². The molecule has 0 amide bonds. The number of nitrogens with zero attached hydrogens (tertiary/aromatic N) is 3. The number of hydrogen-bond donors (Lipinski definition) is 2. The zero-order valence-electron chi connectivity index (χ0n) is 7.43. The number of benzene rings is 1. The number of nitrogens with two attached hydrogens (primary N) is 1. The number of nitrogen functional groups attached to an aromatic ring is 1. The van der Waals surface area contributed by atoms with E-state index in [4.69, 9.17) is 10.8 Å². The molecule has 0 radical (unpaired) electrons. The summed E-state index contributed by atoms with van der Waals surface area (Å²) >= 11 is 0. The summed E-state index contributed by atoms with van der Waals surface area (Å²) < 4.78 is 1.46. The van der Waals surface area contributed by atoms with E-state index in [1.54, 1.807) is 13.1 Å². The third-order valence-electron chi connectivity index (χ3n) is 2.04. The van der Waals surface area contributed by atoms with Crippen LogP contribution < -0.4 is 5.73 Å². The average Bonchev–Trinajstić information content (AvgIpc) is 2.48. The quantitative estimate of drug-likeness (QED) is 0.631. The van der Waals surface area contributed by atoms with Crippen molar-refractivity contribution in [2.45, 2.75) is 0 Å². The summed E-state index contributed by atoms with van der Waals surface area (Å²) in [7, 11) is 1.66. The van der Waals surface area contributed by atoms with Crippen molar-refractivity contribution in [1.29, 1.82) is 0 Å². The zero-order valence-corrected chi connectivity index (χ0v) is 7.43. The van der Waals surface area contributed by atoms with Gasteiger partial charge in [-0.15, -0.1) is 5.10 Å². The Morgan fingerprint density at radius 1 is 1.57 bits per heavy atom. The summed E-state index contributed by atoms with van der Waals surface area (Å²) in [4.78, 5) is 10.8. The van der Waals surface area contributed by atoms with Crippen LogP contribution in [0, 0.1) is 0 Å². The molecule has 3 N–H and O–H groups in total. The molecule has 0 unspecified atom stereocenters. The van der Waals surface area contributed by atoms with Gasteiger partial charge in [0.05, 0.1) is 11.3 Å². The zero-order chi connectivity index (χ0) is 10.3. The number of carbonyl (C=O) groups is 1. The van der Waals surface area contributed by atoms with Crippen LogP contribution in [-0.2, 0) is 7.05 Å². The Hall–Kier alpha value is -2.11. The first-order chi connectivity index (χ1) is 6.61. The van der Waals surface area contributed by atoms with Gasteiger partial charge in [-0.2, -0.15) is 0 Å². The molecule has 2 rings (SSSR count). The second-order valence-corrected chi connectivity index (χ2v) is 2.91. The maximum Gasteiger partial charge on any atom is 0.337 e. The summed E-state index contributed by atoms with van der Waals surface area (Å²) in [6, 6.07) is 3.01. The maximum absolute atomic E-state index is 10.8. The van der Waals surface area contributed by atoms with Crippen molar-refractivity contribution in [3.05, 3.63) is 17.7 Å². The molecule has 1 heterocycles. The highest BCUT2D eigenvalue weighted by Crippen LogP contribution is 2.22. The SMILES string of the molecule is Cn1nnc2ccc(C(=O)O)c(N)c21. The first kappa shape index (κ1) is 8.49. The lowest BCUT2D eigenvalue weighted by atomic mass is 10.1. The van der Waals surface area contributed by atoms with Crippen molar-refractivity contribution in [1.82, 2.24) is 15.0 Å². The van der Waals surface area contributed by atoms with E-state index in [-0.39, 0.29) is 11.3 Å². The number of aromatic nitrogens is 3. The molecule has 6 heteroatoms. The molecule has 1 aromatic carbocycles. The summed E-state index contributed by atoms with van der Waals surface area (Å²) in [6.45, 7) is 0. The monoisotopic (exact) mass is 192 g/mol. The van der Waals surface area contributed by atoms with Crippen molar-refractivity contribution < 1.29 is 9.90 Å². The second kappa shape index (κ2) is 2.69. The van der Waals surface area contributed by atoms with Crippen LogP contribution in [0.5, 0.6) is 0 Å². The van der Waals surface area contributed by atoms with Gasteiger partial charge in [0.15, 0.2) is 0 Å². The van der Waals surface area contributed by atoms with E-state index in [9.17, 15) is 4.79 Å². The van der Waals surface area contributed by atoms with Crippen LogP contribution in [0.4, 0.5) is 5.69 Å². The van der Waals surface area contributed by atoms with Crippen molar-refractivity contribution in [3.63, 3.8) is 0 Å². The Balaban J connectivity index is 2.86. The normalized spacial score (nSPS) is 10.6. The lowest BCUT2D eigenvalue weighted by Crippen LogP contribution is -2.04. The molecule has 72 valence electrons. The summed E-state index contributed by atoms with van der Waals surface area (Å²) in [5.41, 5.74) is 7.09. The lowest BCUT2D eigenvalue weighted by Gasteiger charge is -2.01. The molecule has 2 aromatic rings. The van der Waals surface area contributed by atoms with Crippen LogP contribution in [0.1, 0.15) is 10.4 Å². The van der Waals surface area contributed by atoms with Crippen LogP contribution in [0.25, 0.3) is 11.0 Å². The number of carboxylic acid groups (broad SMARTS) is 1. The maximum atomic E-state index is 10.8. The lowest BCUT2D eigenvalue weighted by molar-refractivity contribution is 0.0698. The molecule has 0 bridgehead atoms. The molecule has 0 fully saturated rings. The fourth-order valence-electron chi connectivity index (χ4n) is 1.36. The molecule has 14 heavy (non-hydrogen) atoms. The standard InChI is InChI=1S/C8H8N4O2/c1-12-7-5(10-11-12)3-2-4(6(7)9)8(13)14/h2-3H,9H2,1H3,(H,13,14). The first-order valence-corrected chi connectivity index (χ1v) is 3.92. The van der Waals surface area contributed by atoms with Crippen molar-refractivity contribution in [2.24, 2.45) is 7.05 Å². The predicted octanol–water partition coefficient (Wildman–Crippen LogP) is 0.249. The molecule has 0 spiro atoms. The van der Waals surface area contributed by atoms with Crippen molar-refractivity contribution in [3.8, 4) is 0 Å². The van der Waals surface area contributed by atoms with Gasteiger partial charge in [0.1, 0.15) is 11.0 Å². The number of rotatable bonds is 1. The minimum atomic E-state index is -1.05. The first-order valence-electron chi connectivity index (χ1n) is 3.92. The van der Waals surface area contributed by atoms with Crippen LogP contribution in [0.2, 0.25) is 0 Å². The Bertz CT molecular complexity index is 517. The van der Waals surface area contributed by atoms with E-state index < -0.39 is 5.97 Å². The molecule has 0 saturated heterocycles. The number of aromatic carboxylic acids is 1. The minimum absolute atomic E-state index is 0.0721. The molecular weight excluding hydrogens is 184 g/mol. The van der Waals surface area contributed by atoms with Crippen molar-refractivity contribution >= 4 is 22.7 Å². The molecule has 0 saturated carbocycles. The van der Waals surface area contributed by atoms with E-state index in [2.05, 4.69) is 10.3 Å². The van der Waals surface area contributed by atoms with Gasteiger partial charge in [0.25, 0.3) is 0 Å². The van der Waals surface area contributed by atoms with E-state index >= 15 is 0 Å². The fraction of sp³-hybridized carbons (Fsp3) is 0.125. The van der Waals surface area contributed by atoms with Crippen LogP contribution in [0.3, 0.4) is 0 Å². The Morgan fingerprint density at radius 2 is 2.29 bits per heavy atom. The highest BCUT2D eigenvalue weighted by Gasteiger charge is 2.13. The van der Waals surface area contributed by atoms with Gasteiger partial charge in [-0.3, -0.25) is 0 Å². The summed E-state index contributed by atoms with van der Waals surface area (Å²) in [6.07, 6.45) is 0. The van der Waals surface area contributed by atoms with Gasteiger partial charge in [0, 0.05) is 7.05 Å². The van der Waals surface area contributed by atoms with E-state index in [0.29, 0.717) is 11.0 Å². The number of anilines is 1. The Labute approximate surface area is 78.9 Å². The number of aryl methyl sites for hydroxylation is 1. The second-order valence-electron chi connectivity index (χ2n) is 2.91. The van der Waals surface area contributed by atoms with E-state index in [1.165, 1.54) is 10.7 Å².